The Hall–Kier alpha value is -5.00. The highest BCUT2D eigenvalue weighted by molar-refractivity contribution is 6.18. The maximum Gasteiger partial charge on any atom is 0.323 e. The van der Waals surface area contributed by atoms with E-state index in [1.807, 2.05) is 25.3 Å². The number of hydrogen-bond acceptors (Lipinski definition) is 6. The van der Waals surface area contributed by atoms with E-state index in [0.29, 0.717) is 53.8 Å². The number of hydrogen-bond donors (Lipinski definition) is 4. The van der Waals surface area contributed by atoms with Gasteiger partial charge in [0, 0.05) is 42.1 Å². The molecule has 5 rings (SSSR count). The molecule has 3 heterocycles. The van der Waals surface area contributed by atoms with Gasteiger partial charge in [-0.2, -0.15) is 0 Å². The number of benzene rings is 2. The number of aryl methyl sites for hydroxylation is 1. The topological polar surface area (TPSA) is 147 Å². The summed E-state index contributed by atoms with van der Waals surface area (Å²) in [6.45, 7) is 8.73. The molecule has 2 aromatic carbocycles. The molecule has 1 saturated heterocycles. The molecule has 43 heavy (non-hydrogen) atoms. The van der Waals surface area contributed by atoms with Crippen LogP contribution in [0.5, 0.6) is 0 Å². The summed E-state index contributed by atoms with van der Waals surface area (Å²) < 4.78 is 16.1. The minimum absolute atomic E-state index is 0.00393. The smallest absolute Gasteiger partial charge is 0.323 e. The number of carbonyl (C=O) groups excluding carboxylic acids is 3. The molecular weight excluding hydrogens is 551 g/mol. The monoisotopic (exact) mass is 586 g/mol. The number of amides is 4. The zero-order chi connectivity index (χ0) is 30.9. The Morgan fingerprint density at radius 1 is 1.02 bits per heavy atom. The SMILES string of the molecule is Cc1ccc(F)c(NC(=O)Nc2cccc(C(=O)c3cn(C4CCN(C(=O)NC(C)(C)C)CC4)c4ncnc(N)c34)c2)c1. The Morgan fingerprint density at radius 2 is 1.77 bits per heavy atom. The van der Waals surface area contributed by atoms with Crippen molar-refractivity contribution >= 4 is 46.1 Å². The van der Waals surface area contributed by atoms with E-state index in [9.17, 15) is 18.8 Å². The highest BCUT2D eigenvalue weighted by atomic mass is 19.1. The molecule has 0 radical (unpaired) electrons. The lowest BCUT2D eigenvalue weighted by atomic mass is 10.0. The highest BCUT2D eigenvalue weighted by Crippen LogP contribution is 2.33. The Kier molecular flexibility index (Phi) is 8.03. The van der Waals surface area contributed by atoms with Gasteiger partial charge >= 0.3 is 12.1 Å². The number of carbonyl (C=O) groups is 3. The number of fused-ring (bicyclic) bond motifs is 1. The lowest BCUT2D eigenvalue weighted by Crippen LogP contribution is -2.50. The number of ketones is 1. The van der Waals surface area contributed by atoms with E-state index in [4.69, 9.17) is 5.73 Å². The molecular formula is C31H35FN8O3. The van der Waals surface area contributed by atoms with E-state index in [-0.39, 0.29) is 34.9 Å². The van der Waals surface area contributed by atoms with Crippen molar-refractivity contribution in [2.75, 3.05) is 29.5 Å². The third-order valence-corrected chi connectivity index (χ3v) is 7.26. The Morgan fingerprint density at radius 3 is 2.49 bits per heavy atom. The summed E-state index contributed by atoms with van der Waals surface area (Å²) in [5.41, 5.74) is 8.32. The predicted molar refractivity (Wildman–Crippen MR) is 164 cm³/mol. The summed E-state index contributed by atoms with van der Waals surface area (Å²) in [5, 5.41) is 8.61. The molecule has 1 aliphatic rings. The van der Waals surface area contributed by atoms with Gasteiger partial charge in [-0.25, -0.2) is 23.9 Å². The number of piperidine rings is 1. The molecule has 0 spiro atoms. The van der Waals surface area contributed by atoms with Gasteiger partial charge in [0.1, 0.15) is 23.6 Å². The number of nitrogens with two attached hydrogens (primary N) is 1. The first-order valence-corrected chi connectivity index (χ1v) is 14.1. The van der Waals surface area contributed by atoms with Crippen molar-refractivity contribution in [1.29, 1.82) is 0 Å². The number of likely N-dealkylation sites (tertiary alicyclic amines) is 1. The number of nitrogen functional groups attached to an aromatic ring is 1. The van der Waals surface area contributed by atoms with Crippen LogP contribution < -0.4 is 21.7 Å². The van der Waals surface area contributed by atoms with Crippen LogP contribution in [-0.2, 0) is 0 Å². The lowest BCUT2D eigenvalue weighted by molar-refractivity contribution is 0.104. The molecule has 0 bridgehead atoms. The average molecular weight is 587 g/mol. The summed E-state index contributed by atoms with van der Waals surface area (Å²) in [4.78, 5) is 49.5. The fourth-order valence-electron chi connectivity index (χ4n) is 5.22. The van der Waals surface area contributed by atoms with Crippen LogP contribution in [0.15, 0.2) is 55.0 Å². The van der Waals surface area contributed by atoms with Crippen molar-refractivity contribution in [2.24, 2.45) is 0 Å². The zero-order valence-corrected chi connectivity index (χ0v) is 24.6. The summed E-state index contributed by atoms with van der Waals surface area (Å²) in [6.07, 6.45) is 4.47. The fraction of sp³-hybridized carbons (Fsp3) is 0.323. The number of anilines is 3. The van der Waals surface area contributed by atoms with Gasteiger partial charge in [0.25, 0.3) is 0 Å². The molecule has 0 atom stereocenters. The van der Waals surface area contributed by atoms with Gasteiger partial charge in [-0.3, -0.25) is 4.79 Å². The van der Waals surface area contributed by atoms with Crippen molar-refractivity contribution in [1.82, 2.24) is 24.8 Å². The van der Waals surface area contributed by atoms with Gasteiger partial charge in [-0.05, 0) is 70.4 Å². The number of nitrogens with one attached hydrogen (secondary N) is 3. The van der Waals surface area contributed by atoms with Crippen molar-refractivity contribution in [3.63, 3.8) is 0 Å². The van der Waals surface area contributed by atoms with E-state index in [1.54, 1.807) is 48.4 Å². The first-order valence-electron chi connectivity index (χ1n) is 14.1. The molecule has 4 amide bonds. The van der Waals surface area contributed by atoms with Crippen LogP contribution in [0.3, 0.4) is 0 Å². The van der Waals surface area contributed by atoms with E-state index in [0.717, 1.165) is 5.56 Å². The zero-order valence-electron chi connectivity index (χ0n) is 24.6. The van der Waals surface area contributed by atoms with Crippen molar-refractivity contribution < 1.29 is 18.8 Å². The van der Waals surface area contributed by atoms with Gasteiger partial charge < -0.3 is 31.2 Å². The molecule has 0 saturated carbocycles. The summed E-state index contributed by atoms with van der Waals surface area (Å²) in [7, 11) is 0. The number of halogens is 1. The second kappa shape index (κ2) is 11.7. The second-order valence-corrected chi connectivity index (χ2v) is 11.8. The summed E-state index contributed by atoms with van der Waals surface area (Å²) in [6, 6.07) is 10.1. The van der Waals surface area contributed by atoms with Gasteiger partial charge in [-0.1, -0.05) is 18.2 Å². The van der Waals surface area contributed by atoms with Gasteiger partial charge in [-0.15, -0.1) is 0 Å². The standard InChI is InChI=1S/C31H35FN8O3/c1-18-8-9-23(32)24(14-18)37-29(42)36-20-7-5-6-19(15-20)26(41)22-16-40(28-25(22)27(33)34-17-35-28)21-10-12-39(13-11-21)30(43)38-31(2,3)4/h5-9,14-17,21H,10-13H2,1-4H3,(H,38,43)(H2,33,34,35)(H2,36,37,42). The van der Waals surface area contributed by atoms with E-state index in [1.165, 1.54) is 18.5 Å². The van der Waals surface area contributed by atoms with Crippen molar-refractivity contribution in [3.05, 3.63) is 77.5 Å². The second-order valence-electron chi connectivity index (χ2n) is 11.8. The maximum atomic E-state index is 14.1. The maximum absolute atomic E-state index is 14.1. The summed E-state index contributed by atoms with van der Waals surface area (Å²) >= 11 is 0. The predicted octanol–water partition coefficient (Wildman–Crippen LogP) is 5.48. The average Bonchev–Trinajstić information content (AvgIpc) is 3.35. The number of aromatic nitrogens is 3. The van der Waals surface area contributed by atoms with Gasteiger partial charge in [0.15, 0.2) is 5.78 Å². The molecule has 11 nitrogen and oxygen atoms in total. The highest BCUT2D eigenvalue weighted by Gasteiger charge is 2.29. The van der Waals surface area contributed by atoms with Crippen LogP contribution in [0.4, 0.5) is 31.2 Å². The minimum Gasteiger partial charge on any atom is -0.383 e. The molecule has 0 unspecified atom stereocenters. The van der Waals surface area contributed by atoms with E-state index in [2.05, 4.69) is 25.9 Å². The van der Waals surface area contributed by atoms with Crippen LogP contribution >= 0.6 is 0 Å². The molecule has 224 valence electrons. The van der Waals surface area contributed by atoms with Crippen LogP contribution in [0.25, 0.3) is 11.0 Å². The van der Waals surface area contributed by atoms with E-state index >= 15 is 0 Å². The summed E-state index contributed by atoms with van der Waals surface area (Å²) in [5.74, 6) is -0.691. The van der Waals surface area contributed by atoms with Crippen molar-refractivity contribution in [2.45, 2.75) is 52.1 Å². The van der Waals surface area contributed by atoms with Gasteiger partial charge in [0.2, 0.25) is 0 Å². The van der Waals surface area contributed by atoms with Crippen LogP contribution in [0.2, 0.25) is 0 Å². The third-order valence-electron chi connectivity index (χ3n) is 7.26. The molecule has 1 aliphatic heterocycles. The lowest BCUT2D eigenvalue weighted by Gasteiger charge is -2.35. The molecule has 1 fully saturated rings. The fourth-order valence-corrected chi connectivity index (χ4v) is 5.22. The molecule has 4 aromatic rings. The number of urea groups is 2. The third kappa shape index (κ3) is 6.58. The Labute approximate surface area is 248 Å². The van der Waals surface area contributed by atoms with E-state index < -0.39 is 11.8 Å². The van der Waals surface area contributed by atoms with Crippen LogP contribution in [0.1, 0.15) is 61.1 Å². The number of nitrogens with zero attached hydrogens (tertiary/aromatic N) is 4. The first-order chi connectivity index (χ1) is 20.4. The minimum atomic E-state index is -0.647. The normalized spacial score (nSPS) is 14.0. The van der Waals surface area contributed by atoms with Crippen LogP contribution in [0, 0.1) is 12.7 Å². The quantitative estimate of drug-likeness (QED) is 0.228. The first kappa shape index (κ1) is 29.5. The largest absolute Gasteiger partial charge is 0.383 e. The number of rotatable bonds is 5. The molecule has 2 aromatic heterocycles. The Balaban J connectivity index is 1.36. The van der Waals surface area contributed by atoms with Crippen molar-refractivity contribution in [3.8, 4) is 0 Å². The Bertz CT molecular complexity index is 1700. The van der Waals surface area contributed by atoms with Crippen LogP contribution in [-0.4, -0.2) is 55.9 Å². The molecule has 5 N–H and O–H groups in total. The molecule has 12 heteroatoms. The molecule has 0 aliphatic carbocycles. The van der Waals surface area contributed by atoms with Gasteiger partial charge in [0.05, 0.1) is 16.6 Å².